The number of ether oxygens (including phenoxy) is 1. The maximum Gasteiger partial charge on any atom is 0.169 e. The first-order valence-corrected chi connectivity index (χ1v) is 6.65. The van der Waals surface area contributed by atoms with Gasteiger partial charge in [0.05, 0.1) is 16.1 Å². The van der Waals surface area contributed by atoms with Crippen molar-refractivity contribution in [3.05, 3.63) is 29.3 Å². The monoisotopic (exact) mass is 265 g/mol. The number of rotatable bonds is 2. The number of halogens is 1. The molecule has 2 fully saturated rings. The summed E-state index contributed by atoms with van der Waals surface area (Å²) in [6, 6.07) is 7.57. The average Bonchev–Trinajstić information content (AvgIpc) is 2.78. The standard InChI is InChI=1S/C14H16ClNO2/c1-13-7-4-8-14(13,18-9-12(13)17)16-11-6-3-2-5-10(11)15/h2-3,5-6,16H,4,7-9H2,1H3/t13-,14-/m1/s1. The van der Waals surface area contributed by atoms with E-state index in [1.54, 1.807) is 0 Å². The van der Waals surface area contributed by atoms with Crippen molar-refractivity contribution in [3.8, 4) is 0 Å². The Labute approximate surface area is 111 Å². The zero-order valence-electron chi connectivity index (χ0n) is 10.3. The lowest BCUT2D eigenvalue weighted by Gasteiger charge is -2.36. The molecule has 3 rings (SSSR count). The molecule has 1 aromatic rings. The Kier molecular flexibility index (Phi) is 2.65. The molecule has 2 atom stereocenters. The molecule has 1 saturated carbocycles. The van der Waals surface area contributed by atoms with Crippen LogP contribution in [-0.4, -0.2) is 18.1 Å². The summed E-state index contributed by atoms with van der Waals surface area (Å²) in [4.78, 5) is 12.1. The molecule has 0 spiro atoms. The highest BCUT2D eigenvalue weighted by Crippen LogP contribution is 2.53. The minimum atomic E-state index is -0.574. The summed E-state index contributed by atoms with van der Waals surface area (Å²) in [5.41, 5.74) is -0.164. The molecule has 1 N–H and O–H groups in total. The third-order valence-electron chi connectivity index (χ3n) is 4.37. The van der Waals surface area contributed by atoms with E-state index in [1.807, 2.05) is 31.2 Å². The second-order valence-corrected chi connectivity index (χ2v) is 5.74. The van der Waals surface area contributed by atoms with Crippen LogP contribution in [0.5, 0.6) is 0 Å². The number of hydrogen-bond acceptors (Lipinski definition) is 3. The van der Waals surface area contributed by atoms with Gasteiger partial charge in [-0.2, -0.15) is 0 Å². The van der Waals surface area contributed by atoms with Crippen LogP contribution in [0.1, 0.15) is 26.2 Å². The molecule has 4 heteroatoms. The molecule has 18 heavy (non-hydrogen) atoms. The fourth-order valence-electron chi connectivity index (χ4n) is 3.13. The van der Waals surface area contributed by atoms with E-state index in [1.165, 1.54) is 0 Å². The van der Waals surface area contributed by atoms with Gasteiger partial charge in [-0.05, 0) is 38.3 Å². The van der Waals surface area contributed by atoms with E-state index in [2.05, 4.69) is 5.32 Å². The van der Waals surface area contributed by atoms with E-state index >= 15 is 0 Å². The molecule has 0 aromatic heterocycles. The minimum absolute atomic E-state index is 0.194. The highest BCUT2D eigenvalue weighted by Gasteiger charge is 2.61. The number of fused-ring (bicyclic) bond motifs is 1. The molecule has 1 aromatic carbocycles. The van der Waals surface area contributed by atoms with E-state index < -0.39 is 11.1 Å². The van der Waals surface area contributed by atoms with E-state index in [0.29, 0.717) is 5.02 Å². The van der Waals surface area contributed by atoms with Crippen LogP contribution >= 0.6 is 11.6 Å². The molecule has 1 heterocycles. The number of carbonyl (C=O) groups is 1. The summed E-state index contributed by atoms with van der Waals surface area (Å²) < 4.78 is 5.82. The van der Waals surface area contributed by atoms with Crippen molar-refractivity contribution < 1.29 is 9.53 Å². The summed E-state index contributed by atoms with van der Waals surface area (Å²) in [6.45, 7) is 2.20. The maximum atomic E-state index is 12.1. The van der Waals surface area contributed by atoms with E-state index in [0.717, 1.165) is 24.9 Å². The number of carbonyl (C=O) groups excluding carboxylic acids is 1. The van der Waals surface area contributed by atoms with Crippen molar-refractivity contribution in [2.24, 2.45) is 5.41 Å². The topological polar surface area (TPSA) is 38.3 Å². The fraction of sp³-hybridized carbons (Fsp3) is 0.500. The van der Waals surface area contributed by atoms with Crippen molar-refractivity contribution in [1.82, 2.24) is 0 Å². The van der Waals surface area contributed by atoms with Gasteiger partial charge in [-0.3, -0.25) is 4.79 Å². The Hall–Kier alpha value is -1.06. The molecular formula is C14H16ClNO2. The average molecular weight is 266 g/mol. The zero-order valence-corrected chi connectivity index (χ0v) is 11.1. The van der Waals surface area contributed by atoms with Crippen LogP contribution in [0.15, 0.2) is 24.3 Å². The predicted octanol–water partition coefficient (Wildman–Crippen LogP) is 3.24. The summed E-state index contributed by atoms with van der Waals surface area (Å²) >= 11 is 6.17. The van der Waals surface area contributed by atoms with Crippen LogP contribution in [0.4, 0.5) is 5.69 Å². The first kappa shape index (κ1) is 12.0. The third-order valence-corrected chi connectivity index (χ3v) is 4.70. The molecule has 1 aliphatic heterocycles. The van der Waals surface area contributed by atoms with Crippen molar-refractivity contribution in [3.63, 3.8) is 0 Å². The van der Waals surface area contributed by atoms with Crippen LogP contribution in [0.3, 0.4) is 0 Å². The molecule has 0 radical (unpaired) electrons. The van der Waals surface area contributed by atoms with Gasteiger partial charge >= 0.3 is 0 Å². The molecular weight excluding hydrogens is 250 g/mol. The molecule has 1 saturated heterocycles. The number of para-hydroxylation sites is 1. The van der Waals surface area contributed by atoms with Crippen molar-refractivity contribution in [2.45, 2.75) is 31.9 Å². The van der Waals surface area contributed by atoms with Crippen LogP contribution in [0, 0.1) is 5.41 Å². The Balaban J connectivity index is 1.97. The first-order valence-electron chi connectivity index (χ1n) is 6.27. The largest absolute Gasteiger partial charge is 0.356 e. The van der Waals surface area contributed by atoms with Gasteiger partial charge in [0.25, 0.3) is 0 Å². The lowest BCUT2D eigenvalue weighted by molar-refractivity contribution is -0.124. The van der Waals surface area contributed by atoms with Crippen molar-refractivity contribution >= 4 is 23.1 Å². The molecule has 96 valence electrons. The van der Waals surface area contributed by atoms with E-state index in [4.69, 9.17) is 16.3 Å². The molecule has 3 nitrogen and oxygen atoms in total. The molecule has 0 unspecified atom stereocenters. The lowest BCUT2D eigenvalue weighted by atomic mass is 9.80. The van der Waals surface area contributed by atoms with Crippen LogP contribution in [0.25, 0.3) is 0 Å². The SMILES string of the molecule is C[C@]12CCC[C@@]1(Nc1ccccc1Cl)OCC2=O. The van der Waals surface area contributed by atoms with Gasteiger partial charge in [-0.15, -0.1) is 0 Å². The fourth-order valence-corrected chi connectivity index (χ4v) is 3.31. The Morgan fingerprint density at radius 1 is 1.33 bits per heavy atom. The summed E-state index contributed by atoms with van der Waals surface area (Å²) in [5, 5.41) is 4.04. The number of anilines is 1. The smallest absolute Gasteiger partial charge is 0.169 e. The first-order chi connectivity index (χ1) is 8.57. The predicted molar refractivity (Wildman–Crippen MR) is 70.7 cm³/mol. The number of ketones is 1. The quantitative estimate of drug-likeness (QED) is 0.892. The highest BCUT2D eigenvalue weighted by molar-refractivity contribution is 6.33. The third kappa shape index (κ3) is 1.50. The van der Waals surface area contributed by atoms with Gasteiger partial charge < -0.3 is 10.1 Å². The minimum Gasteiger partial charge on any atom is -0.356 e. The normalized spacial score (nSPS) is 34.7. The maximum absolute atomic E-state index is 12.1. The molecule has 2 aliphatic rings. The Morgan fingerprint density at radius 2 is 2.11 bits per heavy atom. The van der Waals surface area contributed by atoms with E-state index in [-0.39, 0.29) is 12.4 Å². The number of benzene rings is 1. The number of hydrogen-bond donors (Lipinski definition) is 1. The van der Waals surface area contributed by atoms with Crippen LogP contribution in [-0.2, 0) is 9.53 Å². The highest BCUT2D eigenvalue weighted by atomic mass is 35.5. The van der Waals surface area contributed by atoms with Gasteiger partial charge in [0.1, 0.15) is 6.61 Å². The number of Topliss-reactive ketones (excluding diaryl/α,β-unsaturated/α-hetero) is 1. The lowest BCUT2D eigenvalue weighted by Crippen LogP contribution is -2.48. The molecule has 0 bridgehead atoms. The van der Waals surface area contributed by atoms with Gasteiger partial charge in [-0.1, -0.05) is 23.7 Å². The van der Waals surface area contributed by atoms with Crippen molar-refractivity contribution in [2.75, 3.05) is 11.9 Å². The van der Waals surface area contributed by atoms with Crippen LogP contribution in [0.2, 0.25) is 5.02 Å². The zero-order chi connectivity index (χ0) is 12.8. The van der Waals surface area contributed by atoms with Gasteiger partial charge in [0, 0.05) is 0 Å². The van der Waals surface area contributed by atoms with Gasteiger partial charge in [0.15, 0.2) is 11.5 Å². The summed E-state index contributed by atoms with van der Waals surface area (Å²) in [7, 11) is 0. The number of nitrogens with one attached hydrogen (secondary N) is 1. The second-order valence-electron chi connectivity index (χ2n) is 5.33. The van der Waals surface area contributed by atoms with Crippen molar-refractivity contribution in [1.29, 1.82) is 0 Å². The molecule has 1 aliphatic carbocycles. The van der Waals surface area contributed by atoms with Crippen LogP contribution < -0.4 is 5.32 Å². The van der Waals surface area contributed by atoms with E-state index in [9.17, 15) is 4.79 Å². The van der Waals surface area contributed by atoms with Gasteiger partial charge in [-0.25, -0.2) is 0 Å². The Bertz CT molecular complexity index is 504. The second kappa shape index (κ2) is 3.97. The summed E-state index contributed by atoms with van der Waals surface area (Å²) in [5.74, 6) is 0.194. The van der Waals surface area contributed by atoms with Gasteiger partial charge in [0.2, 0.25) is 0 Å². The molecule has 0 amide bonds. The Morgan fingerprint density at radius 3 is 2.89 bits per heavy atom. The summed E-state index contributed by atoms with van der Waals surface area (Å²) in [6.07, 6.45) is 2.73.